The number of rotatable bonds is 2. The smallest absolute Gasteiger partial charge is 0.382 e. The van der Waals surface area contributed by atoms with Gasteiger partial charge in [0.2, 0.25) is 11.8 Å². The van der Waals surface area contributed by atoms with Crippen molar-refractivity contribution >= 4 is 11.8 Å². The SMILES string of the molecule is O=C1CC2(CCCCC2)CC(=O)N1CC(O)C(F)(F)F. The Hall–Kier alpha value is -1.11. The number of hydrogen-bond donors (Lipinski definition) is 1. The highest BCUT2D eigenvalue weighted by Gasteiger charge is 2.47. The Morgan fingerprint density at radius 2 is 1.60 bits per heavy atom. The van der Waals surface area contributed by atoms with Crippen LogP contribution in [0.2, 0.25) is 0 Å². The molecule has 2 aliphatic rings. The van der Waals surface area contributed by atoms with Crippen molar-refractivity contribution in [2.24, 2.45) is 5.41 Å². The number of halogens is 3. The van der Waals surface area contributed by atoms with E-state index < -0.39 is 30.6 Å². The lowest BCUT2D eigenvalue weighted by Gasteiger charge is -2.42. The van der Waals surface area contributed by atoms with Gasteiger partial charge in [-0.15, -0.1) is 0 Å². The molecule has 0 bridgehead atoms. The van der Waals surface area contributed by atoms with Gasteiger partial charge in [-0.25, -0.2) is 0 Å². The highest BCUT2D eigenvalue weighted by Crippen LogP contribution is 2.45. The molecule has 2 amide bonds. The van der Waals surface area contributed by atoms with Crippen molar-refractivity contribution in [2.75, 3.05) is 6.54 Å². The Balaban J connectivity index is 2.04. The first-order valence-electron chi connectivity index (χ1n) is 6.82. The largest absolute Gasteiger partial charge is 0.416 e. The van der Waals surface area contributed by atoms with Gasteiger partial charge < -0.3 is 5.11 Å². The van der Waals surface area contributed by atoms with Crippen LogP contribution in [0, 0.1) is 5.41 Å². The summed E-state index contributed by atoms with van der Waals surface area (Å²) in [4.78, 5) is 24.5. The number of aliphatic hydroxyl groups excluding tert-OH is 1. The molecule has 0 aromatic heterocycles. The third-order valence-electron chi connectivity index (χ3n) is 4.30. The Bertz CT molecular complexity index is 382. The first-order chi connectivity index (χ1) is 9.23. The molecule has 7 heteroatoms. The van der Waals surface area contributed by atoms with Crippen molar-refractivity contribution in [3.63, 3.8) is 0 Å². The molecular weight excluding hydrogens is 275 g/mol. The molecule has 1 aliphatic carbocycles. The van der Waals surface area contributed by atoms with Crippen molar-refractivity contribution < 1.29 is 27.9 Å². The van der Waals surface area contributed by atoms with Gasteiger partial charge in [0, 0.05) is 12.8 Å². The van der Waals surface area contributed by atoms with E-state index in [0.717, 1.165) is 32.1 Å². The van der Waals surface area contributed by atoms with Crippen molar-refractivity contribution in [1.82, 2.24) is 4.90 Å². The van der Waals surface area contributed by atoms with Gasteiger partial charge in [0.25, 0.3) is 0 Å². The molecule has 0 radical (unpaired) electrons. The van der Waals surface area contributed by atoms with Crippen molar-refractivity contribution in [3.8, 4) is 0 Å². The lowest BCUT2D eigenvalue weighted by Crippen LogP contribution is -2.52. The van der Waals surface area contributed by atoms with Gasteiger partial charge in [-0.2, -0.15) is 13.2 Å². The van der Waals surface area contributed by atoms with Crippen molar-refractivity contribution in [2.45, 2.75) is 57.2 Å². The Morgan fingerprint density at radius 1 is 1.10 bits per heavy atom. The summed E-state index contributed by atoms with van der Waals surface area (Å²) in [6.07, 6.45) is -2.73. The Kier molecular flexibility index (Phi) is 4.09. The molecule has 1 saturated heterocycles. The molecule has 1 atom stereocenters. The minimum atomic E-state index is -4.82. The second-order valence-corrected chi connectivity index (χ2v) is 5.87. The van der Waals surface area contributed by atoms with Crippen LogP contribution in [0.1, 0.15) is 44.9 Å². The summed E-state index contributed by atoms with van der Waals surface area (Å²) in [5, 5.41) is 9.00. The van der Waals surface area contributed by atoms with E-state index in [2.05, 4.69) is 0 Å². The van der Waals surface area contributed by atoms with Gasteiger partial charge in [0.15, 0.2) is 6.10 Å². The molecule has 1 spiro atoms. The summed E-state index contributed by atoms with van der Waals surface area (Å²) in [5.41, 5.74) is -0.355. The molecule has 4 nitrogen and oxygen atoms in total. The average molecular weight is 293 g/mol. The number of hydrogen-bond acceptors (Lipinski definition) is 3. The zero-order valence-electron chi connectivity index (χ0n) is 11.1. The predicted octanol–water partition coefficient (Wildman–Crippen LogP) is 2.01. The zero-order chi connectivity index (χ0) is 15.0. The summed E-state index contributed by atoms with van der Waals surface area (Å²) in [6.45, 7) is -0.989. The number of nitrogens with zero attached hydrogens (tertiary/aromatic N) is 1. The third-order valence-corrected chi connectivity index (χ3v) is 4.30. The molecule has 1 heterocycles. The van der Waals surface area contributed by atoms with Crippen LogP contribution in [-0.4, -0.2) is 40.6 Å². The molecule has 1 saturated carbocycles. The fraction of sp³-hybridized carbons (Fsp3) is 0.846. The molecule has 20 heavy (non-hydrogen) atoms. The Labute approximate surface area is 114 Å². The van der Waals surface area contributed by atoms with E-state index in [1.165, 1.54) is 0 Å². The summed E-state index contributed by atoms with van der Waals surface area (Å²) in [5.74, 6) is -1.18. The van der Waals surface area contributed by atoms with E-state index in [4.69, 9.17) is 5.11 Å². The van der Waals surface area contributed by atoms with Crippen LogP contribution in [-0.2, 0) is 9.59 Å². The van der Waals surface area contributed by atoms with Crippen molar-refractivity contribution in [3.05, 3.63) is 0 Å². The van der Waals surface area contributed by atoms with Crippen LogP contribution >= 0.6 is 0 Å². The number of piperidine rings is 1. The summed E-state index contributed by atoms with van der Waals surface area (Å²) in [7, 11) is 0. The van der Waals surface area contributed by atoms with E-state index in [0.29, 0.717) is 4.90 Å². The van der Waals surface area contributed by atoms with Crippen LogP contribution in [0.15, 0.2) is 0 Å². The minimum absolute atomic E-state index is 0.114. The molecule has 1 N–H and O–H groups in total. The number of amides is 2. The molecule has 0 aromatic carbocycles. The molecule has 1 unspecified atom stereocenters. The second-order valence-electron chi connectivity index (χ2n) is 5.87. The van der Waals surface area contributed by atoms with Gasteiger partial charge in [0.05, 0.1) is 6.54 Å². The molecule has 1 aliphatic heterocycles. The highest BCUT2D eigenvalue weighted by atomic mass is 19.4. The maximum Gasteiger partial charge on any atom is 0.416 e. The van der Waals surface area contributed by atoms with Crippen LogP contribution in [0.5, 0.6) is 0 Å². The maximum absolute atomic E-state index is 12.3. The number of imide groups is 1. The lowest BCUT2D eigenvalue weighted by molar-refractivity contribution is -0.209. The van der Waals surface area contributed by atoms with E-state index in [-0.39, 0.29) is 18.3 Å². The fourth-order valence-electron chi connectivity index (χ4n) is 3.17. The van der Waals surface area contributed by atoms with E-state index in [1.54, 1.807) is 0 Å². The van der Waals surface area contributed by atoms with Crippen LogP contribution in [0.25, 0.3) is 0 Å². The standard InChI is InChI=1S/C13H18F3NO3/c14-13(15,16)9(18)8-17-10(19)6-12(7-11(17)20)4-2-1-3-5-12/h9,18H,1-8H2. The molecule has 0 aromatic rings. The second kappa shape index (κ2) is 5.35. The predicted molar refractivity (Wildman–Crippen MR) is 63.5 cm³/mol. The van der Waals surface area contributed by atoms with Gasteiger partial charge in [-0.3, -0.25) is 14.5 Å². The third kappa shape index (κ3) is 3.13. The number of alkyl halides is 3. The van der Waals surface area contributed by atoms with Gasteiger partial charge in [-0.05, 0) is 18.3 Å². The molecular formula is C13H18F3NO3. The first-order valence-corrected chi connectivity index (χ1v) is 6.82. The minimum Gasteiger partial charge on any atom is -0.382 e. The van der Waals surface area contributed by atoms with Crippen LogP contribution in [0.3, 0.4) is 0 Å². The van der Waals surface area contributed by atoms with E-state index in [1.807, 2.05) is 0 Å². The molecule has 114 valence electrons. The summed E-state index contributed by atoms with van der Waals surface area (Å²) < 4.78 is 36.9. The van der Waals surface area contributed by atoms with E-state index >= 15 is 0 Å². The van der Waals surface area contributed by atoms with Gasteiger partial charge in [0.1, 0.15) is 0 Å². The van der Waals surface area contributed by atoms with Gasteiger partial charge in [-0.1, -0.05) is 19.3 Å². The number of likely N-dealkylation sites (tertiary alicyclic amines) is 1. The number of carbonyl (C=O) groups excluding carboxylic acids is 2. The topological polar surface area (TPSA) is 57.6 Å². The lowest BCUT2D eigenvalue weighted by atomic mass is 9.67. The zero-order valence-corrected chi connectivity index (χ0v) is 11.1. The number of carbonyl (C=O) groups is 2. The maximum atomic E-state index is 12.3. The van der Waals surface area contributed by atoms with Crippen LogP contribution in [0.4, 0.5) is 13.2 Å². The molecule has 2 rings (SSSR count). The normalized spacial score (nSPS) is 25.1. The van der Waals surface area contributed by atoms with Gasteiger partial charge >= 0.3 is 6.18 Å². The average Bonchev–Trinajstić information content (AvgIpc) is 2.33. The van der Waals surface area contributed by atoms with Crippen molar-refractivity contribution in [1.29, 1.82) is 0 Å². The molecule has 2 fully saturated rings. The fourth-order valence-corrected chi connectivity index (χ4v) is 3.17. The number of aliphatic hydroxyl groups is 1. The van der Waals surface area contributed by atoms with Crippen LogP contribution < -0.4 is 0 Å². The summed E-state index contributed by atoms with van der Waals surface area (Å²) in [6, 6.07) is 0. The Morgan fingerprint density at radius 3 is 2.05 bits per heavy atom. The highest BCUT2D eigenvalue weighted by molar-refractivity contribution is 5.98. The van der Waals surface area contributed by atoms with E-state index in [9.17, 15) is 22.8 Å². The monoisotopic (exact) mass is 293 g/mol. The quantitative estimate of drug-likeness (QED) is 0.792. The number of β-amino-alcohol motifs (C(OH)–C–C–N with tert-alkyl or cyclic N) is 1. The first kappa shape index (κ1) is 15.3. The summed E-state index contributed by atoms with van der Waals surface area (Å²) >= 11 is 0.